The Kier molecular flexibility index (Phi) is 4.91. The molecule has 0 aliphatic heterocycles. The van der Waals surface area contributed by atoms with Crippen molar-refractivity contribution in [3.8, 4) is 11.5 Å². The van der Waals surface area contributed by atoms with E-state index in [2.05, 4.69) is 5.32 Å². The molecule has 0 saturated heterocycles. The van der Waals surface area contributed by atoms with Crippen molar-refractivity contribution in [1.82, 2.24) is 5.32 Å². The van der Waals surface area contributed by atoms with Crippen molar-refractivity contribution in [3.63, 3.8) is 0 Å². The number of aryl methyl sites for hydroxylation is 1. The first kappa shape index (κ1) is 15.4. The van der Waals surface area contributed by atoms with Crippen LogP contribution in [0, 0.1) is 18.6 Å². The zero-order valence-corrected chi connectivity index (χ0v) is 12.4. The summed E-state index contributed by atoms with van der Waals surface area (Å²) in [6.07, 6.45) is 0. The van der Waals surface area contributed by atoms with Crippen LogP contribution in [0.25, 0.3) is 0 Å². The van der Waals surface area contributed by atoms with Gasteiger partial charge in [-0.05, 0) is 62.4 Å². The van der Waals surface area contributed by atoms with Crippen LogP contribution in [-0.4, -0.2) is 6.54 Å². The van der Waals surface area contributed by atoms with Crippen molar-refractivity contribution in [3.05, 3.63) is 59.2 Å². The van der Waals surface area contributed by atoms with E-state index in [1.807, 2.05) is 13.8 Å². The summed E-state index contributed by atoms with van der Waals surface area (Å²) >= 11 is 0. The second kappa shape index (κ2) is 6.68. The molecule has 112 valence electrons. The van der Waals surface area contributed by atoms with Gasteiger partial charge in [-0.25, -0.2) is 8.78 Å². The van der Waals surface area contributed by atoms with Crippen LogP contribution in [0.15, 0.2) is 36.4 Å². The Labute approximate surface area is 123 Å². The number of rotatable bonds is 5. The minimum absolute atomic E-state index is 0.0396. The van der Waals surface area contributed by atoms with Gasteiger partial charge in [0, 0.05) is 11.6 Å². The molecule has 0 aromatic heterocycles. The van der Waals surface area contributed by atoms with Crippen molar-refractivity contribution >= 4 is 0 Å². The van der Waals surface area contributed by atoms with Crippen LogP contribution in [0.1, 0.15) is 31.0 Å². The maximum atomic E-state index is 13.5. The van der Waals surface area contributed by atoms with Crippen LogP contribution in [0.4, 0.5) is 8.78 Å². The standard InChI is InChI=1S/C17H19F2NO/c1-4-20-12(3)15-10-13(18)5-8-17(15)21-14-6-7-16(19)11(2)9-14/h5-10,12,20H,4H2,1-3H3. The monoisotopic (exact) mass is 291 g/mol. The van der Waals surface area contributed by atoms with E-state index in [0.29, 0.717) is 17.1 Å². The Bertz CT molecular complexity index is 628. The smallest absolute Gasteiger partial charge is 0.132 e. The van der Waals surface area contributed by atoms with Crippen LogP contribution in [0.5, 0.6) is 11.5 Å². The molecular formula is C17H19F2NO. The number of hydrogen-bond acceptors (Lipinski definition) is 2. The Hall–Kier alpha value is -1.94. The molecule has 1 unspecified atom stereocenters. The molecule has 1 atom stereocenters. The topological polar surface area (TPSA) is 21.3 Å². The highest BCUT2D eigenvalue weighted by atomic mass is 19.1. The highest BCUT2D eigenvalue weighted by molar-refractivity contribution is 5.41. The summed E-state index contributed by atoms with van der Waals surface area (Å²) in [4.78, 5) is 0. The van der Waals surface area contributed by atoms with E-state index < -0.39 is 0 Å². The largest absolute Gasteiger partial charge is 0.457 e. The highest BCUT2D eigenvalue weighted by Gasteiger charge is 2.13. The predicted molar refractivity (Wildman–Crippen MR) is 79.7 cm³/mol. The van der Waals surface area contributed by atoms with E-state index in [0.717, 1.165) is 12.1 Å². The summed E-state index contributed by atoms with van der Waals surface area (Å²) in [5, 5.41) is 3.23. The number of hydrogen-bond donors (Lipinski definition) is 1. The predicted octanol–water partition coefficient (Wildman–Crippen LogP) is 4.74. The lowest BCUT2D eigenvalue weighted by atomic mass is 10.1. The fraction of sp³-hybridized carbons (Fsp3) is 0.294. The fourth-order valence-electron chi connectivity index (χ4n) is 2.17. The van der Waals surface area contributed by atoms with Crippen molar-refractivity contribution in [2.45, 2.75) is 26.8 Å². The van der Waals surface area contributed by atoms with Crippen LogP contribution >= 0.6 is 0 Å². The molecule has 2 aromatic carbocycles. The maximum absolute atomic E-state index is 13.5. The molecule has 1 N–H and O–H groups in total. The molecule has 0 aliphatic carbocycles. The van der Waals surface area contributed by atoms with Gasteiger partial charge in [-0.3, -0.25) is 0 Å². The van der Waals surface area contributed by atoms with Crippen LogP contribution in [-0.2, 0) is 0 Å². The average Bonchev–Trinajstić information content (AvgIpc) is 2.45. The Balaban J connectivity index is 2.32. The zero-order valence-electron chi connectivity index (χ0n) is 12.4. The maximum Gasteiger partial charge on any atom is 0.132 e. The van der Waals surface area contributed by atoms with Crippen molar-refractivity contribution in [2.75, 3.05) is 6.54 Å². The van der Waals surface area contributed by atoms with Crippen molar-refractivity contribution in [1.29, 1.82) is 0 Å². The first-order valence-corrected chi connectivity index (χ1v) is 6.98. The summed E-state index contributed by atoms with van der Waals surface area (Å²) in [5.74, 6) is 0.515. The van der Waals surface area contributed by atoms with E-state index >= 15 is 0 Å². The van der Waals surface area contributed by atoms with Gasteiger partial charge in [0.05, 0.1) is 0 Å². The van der Waals surface area contributed by atoms with Crippen LogP contribution in [0.2, 0.25) is 0 Å². The minimum atomic E-state index is -0.308. The van der Waals surface area contributed by atoms with E-state index in [-0.39, 0.29) is 17.7 Å². The zero-order chi connectivity index (χ0) is 15.4. The lowest BCUT2D eigenvalue weighted by molar-refractivity contribution is 0.457. The third-order valence-electron chi connectivity index (χ3n) is 3.31. The third-order valence-corrected chi connectivity index (χ3v) is 3.31. The molecule has 0 bridgehead atoms. The summed E-state index contributed by atoms with van der Waals surface area (Å²) in [6.45, 7) is 6.38. The Morgan fingerprint density at radius 2 is 1.90 bits per heavy atom. The van der Waals surface area contributed by atoms with E-state index in [1.165, 1.54) is 18.2 Å². The van der Waals surface area contributed by atoms with Crippen molar-refractivity contribution in [2.24, 2.45) is 0 Å². The van der Waals surface area contributed by atoms with Crippen LogP contribution < -0.4 is 10.1 Å². The average molecular weight is 291 g/mol. The fourth-order valence-corrected chi connectivity index (χ4v) is 2.17. The van der Waals surface area contributed by atoms with Gasteiger partial charge < -0.3 is 10.1 Å². The SMILES string of the molecule is CCNC(C)c1cc(F)ccc1Oc1ccc(F)c(C)c1. The summed E-state index contributed by atoms with van der Waals surface area (Å²) < 4.78 is 32.5. The normalized spacial score (nSPS) is 12.2. The molecule has 0 saturated carbocycles. The summed E-state index contributed by atoms with van der Waals surface area (Å²) in [7, 11) is 0. The van der Waals surface area contributed by atoms with Gasteiger partial charge >= 0.3 is 0 Å². The quantitative estimate of drug-likeness (QED) is 0.859. The van der Waals surface area contributed by atoms with E-state index in [4.69, 9.17) is 4.74 Å². The Morgan fingerprint density at radius 1 is 1.14 bits per heavy atom. The molecule has 2 nitrogen and oxygen atoms in total. The number of benzene rings is 2. The van der Waals surface area contributed by atoms with E-state index in [9.17, 15) is 8.78 Å². The molecule has 0 amide bonds. The molecule has 0 radical (unpaired) electrons. The third kappa shape index (κ3) is 3.79. The summed E-state index contributed by atoms with van der Waals surface area (Å²) in [6, 6.07) is 8.92. The first-order chi connectivity index (χ1) is 10.0. The van der Waals surface area contributed by atoms with Gasteiger partial charge in [-0.1, -0.05) is 6.92 Å². The highest BCUT2D eigenvalue weighted by Crippen LogP contribution is 2.31. The van der Waals surface area contributed by atoms with Crippen LogP contribution in [0.3, 0.4) is 0 Å². The molecule has 0 spiro atoms. The van der Waals surface area contributed by atoms with Gasteiger partial charge in [0.25, 0.3) is 0 Å². The molecule has 2 rings (SSSR count). The number of ether oxygens (including phenoxy) is 1. The number of halogens is 2. The van der Waals surface area contributed by atoms with Gasteiger partial charge in [0.1, 0.15) is 23.1 Å². The molecule has 21 heavy (non-hydrogen) atoms. The lowest BCUT2D eigenvalue weighted by Crippen LogP contribution is -2.18. The van der Waals surface area contributed by atoms with Gasteiger partial charge in [0.2, 0.25) is 0 Å². The van der Waals surface area contributed by atoms with Crippen molar-refractivity contribution < 1.29 is 13.5 Å². The second-order valence-corrected chi connectivity index (χ2v) is 4.97. The van der Waals surface area contributed by atoms with Gasteiger partial charge in [0.15, 0.2) is 0 Å². The minimum Gasteiger partial charge on any atom is -0.457 e. The second-order valence-electron chi connectivity index (χ2n) is 4.97. The molecular weight excluding hydrogens is 272 g/mol. The number of nitrogens with one attached hydrogen (secondary N) is 1. The summed E-state index contributed by atoms with van der Waals surface area (Å²) in [5.41, 5.74) is 1.25. The molecule has 4 heteroatoms. The first-order valence-electron chi connectivity index (χ1n) is 6.98. The lowest BCUT2D eigenvalue weighted by Gasteiger charge is -2.18. The van der Waals surface area contributed by atoms with E-state index in [1.54, 1.807) is 25.1 Å². The molecule has 0 aliphatic rings. The molecule has 2 aromatic rings. The molecule has 0 fully saturated rings. The Morgan fingerprint density at radius 3 is 2.57 bits per heavy atom. The molecule has 0 heterocycles. The van der Waals surface area contributed by atoms with Gasteiger partial charge in [-0.15, -0.1) is 0 Å². The van der Waals surface area contributed by atoms with Gasteiger partial charge in [-0.2, -0.15) is 0 Å².